The van der Waals surface area contributed by atoms with E-state index in [0.29, 0.717) is 34.3 Å². The molecule has 0 aliphatic rings. The molecular formula is C27H25FO5S. The van der Waals surface area contributed by atoms with Crippen LogP contribution in [0.25, 0.3) is 21.5 Å². The Morgan fingerprint density at radius 2 is 1.62 bits per heavy atom. The molecule has 0 bridgehead atoms. The zero-order valence-electron chi connectivity index (χ0n) is 18.8. The Kier molecular flexibility index (Phi) is 7.12. The highest BCUT2D eigenvalue weighted by Gasteiger charge is 2.19. The van der Waals surface area contributed by atoms with E-state index in [4.69, 9.17) is 8.92 Å². The van der Waals surface area contributed by atoms with Crippen molar-refractivity contribution >= 4 is 37.4 Å². The van der Waals surface area contributed by atoms with Gasteiger partial charge in [-0.15, -0.1) is 0 Å². The quantitative estimate of drug-likeness (QED) is 0.149. The van der Waals surface area contributed by atoms with E-state index < -0.39 is 16.1 Å². The van der Waals surface area contributed by atoms with Crippen LogP contribution in [0.2, 0.25) is 0 Å². The Morgan fingerprint density at radius 1 is 0.853 bits per heavy atom. The molecule has 5 nitrogen and oxygen atoms in total. The molecule has 0 aliphatic heterocycles. The van der Waals surface area contributed by atoms with Gasteiger partial charge in [0, 0.05) is 21.9 Å². The highest BCUT2D eigenvalue weighted by molar-refractivity contribution is 7.86. The van der Waals surface area contributed by atoms with Crippen LogP contribution in [-0.4, -0.2) is 26.8 Å². The van der Waals surface area contributed by atoms with Gasteiger partial charge in [0.2, 0.25) is 6.01 Å². The smallest absolute Gasteiger partial charge is 0.339 e. The van der Waals surface area contributed by atoms with Crippen molar-refractivity contribution in [1.29, 1.82) is 0 Å². The second kappa shape index (κ2) is 10.2. The summed E-state index contributed by atoms with van der Waals surface area (Å²) < 4.78 is 47.0. The van der Waals surface area contributed by atoms with Crippen LogP contribution in [0, 0.1) is 0 Å². The highest BCUT2D eigenvalue weighted by atomic mass is 32.2. The molecule has 4 aromatic carbocycles. The number of halogens is 1. The van der Waals surface area contributed by atoms with Crippen LogP contribution in [0.1, 0.15) is 42.1 Å². The number of fused-ring (bicyclic) bond motifs is 2. The van der Waals surface area contributed by atoms with Crippen molar-refractivity contribution in [3.63, 3.8) is 0 Å². The molecule has 0 saturated heterocycles. The topological polar surface area (TPSA) is 69.7 Å². The number of hydrogen-bond donors (Lipinski definition) is 0. The van der Waals surface area contributed by atoms with Crippen LogP contribution in [-0.2, 0) is 10.1 Å². The Morgan fingerprint density at radius 3 is 2.41 bits per heavy atom. The van der Waals surface area contributed by atoms with Crippen molar-refractivity contribution in [2.45, 2.75) is 26.2 Å². The van der Waals surface area contributed by atoms with E-state index in [9.17, 15) is 17.6 Å². The van der Waals surface area contributed by atoms with E-state index in [1.165, 1.54) is 12.1 Å². The molecule has 0 amide bonds. The maximum atomic E-state index is 13.7. The molecule has 0 N–H and O–H groups in total. The molecule has 0 aromatic heterocycles. The summed E-state index contributed by atoms with van der Waals surface area (Å²) in [5.74, 6) is 0.297. The first-order valence-electron chi connectivity index (χ1n) is 11.1. The van der Waals surface area contributed by atoms with E-state index in [1.54, 1.807) is 24.3 Å². The minimum absolute atomic E-state index is 0.0692. The number of hydrogen-bond acceptors (Lipinski definition) is 5. The van der Waals surface area contributed by atoms with Crippen LogP contribution in [0.4, 0.5) is 4.39 Å². The second-order valence-electron chi connectivity index (χ2n) is 7.98. The lowest BCUT2D eigenvalue weighted by molar-refractivity contribution is 0.104. The molecule has 0 radical (unpaired) electrons. The molecule has 176 valence electrons. The SMILES string of the molecule is CCCCCOc1ccc(C(=O)c2cccc3ccccc23)c2cc(OS(=O)(=O)CF)ccc12. The van der Waals surface area contributed by atoms with Gasteiger partial charge in [0.05, 0.1) is 6.61 Å². The molecule has 0 aliphatic carbocycles. The standard InChI is InChI=1S/C27H25FO5S/c1-2-3-6-16-32-26-15-14-24(25-17-20(12-13-22(25)26)33-34(30,31)18-28)27(29)23-11-7-9-19-8-4-5-10-21(19)23/h4-5,7-15,17H,2-3,6,16,18H2,1H3. The number of benzene rings is 4. The Labute approximate surface area is 198 Å². The molecule has 4 aromatic rings. The van der Waals surface area contributed by atoms with Crippen LogP contribution >= 0.6 is 0 Å². The fourth-order valence-electron chi connectivity index (χ4n) is 3.95. The molecule has 7 heteroatoms. The summed E-state index contributed by atoms with van der Waals surface area (Å²) in [5.41, 5.74) is 0.897. The number of ketones is 1. The summed E-state index contributed by atoms with van der Waals surface area (Å²) in [6.45, 7) is 2.63. The van der Waals surface area contributed by atoms with Crippen molar-refractivity contribution < 1.29 is 26.5 Å². The number of alkyl halides is 1. The van der Waals surface area contributed by atoms with Gasteiger partial charge in [0.25, 0.3) is 0 Å². The normalized spacial score (nSPS) is 11.6. The average Bonchev–Trinajstić information content (AvgIpc) is 2.85. The third-order valence-electron chi connectivity index (χ3n) is 5.59. The molecule has 0 saturated carbocycles. The minimum Gasteiger partial charge on any atom is -0.493 e. The first-order valence-corrected chi connectivity index (χ1v) is 12.7. The zero-order valence-corrected chi connectivity index (χ0v) is 19.6. The van der Waals surface area contributed by atoms with Gasteiger partial charge < -0.3 is 8.92 Å². The van der Waals surface area contributed by atoms with Crippen LogP contribution < -0.4 is 8.92 Å². The third-order valence-corrected chi connectivity index (χ3v) is 6.30. The molecular weight excluding hydrogens is 455 g/mol. The number of rotatable bonds is 10. The van der Waals surface area contributed by atoms with Gasteiger partial charge in [-0.2, -0.15) is 8.42 Å². The lowest BCUT2D eigenvalue weighted by Gasteiger charge is -2.14. The van der Waals surface area contributed by atoms with E-state index in [2.05, 4.69) is 6.92 Å². The molecule has 0 spiro atoms. The molecule has 0 atom stereocenters. The molecule has 34 heavy (non-hydrogen) atoms. The minimum atomic E-state index is -4.37. The maximum absolute atomic E-state index is 13.7. The Hall–Kier alpha value is -3.45. The fraction of sp³-hybridized carbons (Fsp3) is 0.222. The van der Waals surface area contributed by atoms with E-state index >= 15 is 0 Å². The first-order chi connectivity index (χ1) is 16.4. The predicted octanol–water partition coefficient (Wildman–Crippen LogP) is 6.43. The Balaban J connectivity index is 1.83. The molecule has 0 fully saturated rings. The van der Waals surface area contributed by atoms with Crippen molar-refractivity contribution in [2.75, 3.05) is 12.6 Å². The molecule has 0 unspecified atom stereocenters. The largest absolute Gasteiger partial charge is 0.493 e. The van der Waals surface area contributed by atoms with Crippen molar-refractivity contribution in [3.05, 3.63) is 83.9 Å². The Bertz CT molecular complexity index is 1440. The number of carbonyl (C=O) groups excluding carboxylic acids is 1. The van der Waals surface area contributed by atoms with Gasteiger partial charge >= 0.3 is 10.1 Å². The first kappa shape index (κ1) is 23.7. The number of ether oxygens (including phenoxy) is 1. The lowest BCUT2D eigenvalue weighted by Crippen LogP contribution is -2.11. The van der Waals surface area contributed by atoms with Gasteiger partial charge in [0.1, 0.15) is 11.5 Å². The fourth-order valence-corrected chi connectivity index (χ4v) is 4.39. The van der Waals surface area contributed by atoms with Gasteiger partial charge in [-0.25, -0.2) is 4.39 Å². The highest BCUT2D eigenvalue weighted by Crippen LogP contribution is 2.34. The van der Waals surface area contributed by atoms with E-state index in [0.717, 1.165) is 30.0 Å². The molecule has 0 heterocycles. The van der Waals surface area contributed by atoms with Crippen molar-refractivity contribution in [2.24, 2.45) is 0 Å². The third kappa shape index (κ3) is 5.04. The van der Waals surface area contributed by atoms with E-state index in [-0.39, 0.29) is 11.5 Å². The summed E-state index contributed by atoms with van der Waals surface area (Å²) in [5, 5.41) is 2.87. The van der Waals surface area contributed by atoms with Gasteiger partial charge in [0.15, 0.2) is 5.78 Å². The summed E-state index contributed by atoms with van der Waals surface area (Å²) in [7, 11) is -4.37. The summed E-state index contributed by atoms with van der Waals surface area (Å²) in [6.07, 6.45) is 2.99. The zero-order chi connectivity index (χ0) is 24.1. The summed E-state index contributed by atoms with van der Waals surface area (Å²) >= 11 is 0. The maximum Gasteiger partial charge on any atom is 0.339 e. The van der Waals surface area contributed by atoms with Gasteiger partial charge in [-0.3, -0.25) is 4.79 Å². The van der Waals surface area contributed by atoms with Crippen LogP contribution in [0.3, 0.4) is 0 Å². The summed E-state index contributed by atoms with van der Waals surface area (Å²) in [4.78, 5) is 13.7. The monoisotopic (exact) mass is 480 g/mol. The number of carbonyl (C=O) groups is 1. The number of unbranched alkanes of at least 4 members (excludes halogenated alkanes) is 2. The van der Waals surface area contributed by atoms with Gasteiger partial charge in [-0.1, -0.05) is 62.2 Å². The van der Waals surface area contributed by atoms with Gasteiger partial charge in [-0.05, 0) is 47.5 Å². The average molecular weight is 481 g/mol. The van der Waals surface area contributed by atoms with Crippen molar-refractivity contribution in [3.8, 4) is 11.5 Å². The van der Waals surface area contributed by atoms with E-state index in [1.807, 2.05) is 36.4 Å². The van der Waals surface area contributed by atoms with Crippen LogP contribution in [0.5, 0.6) is 11.5 Å². The lowest BCUT2D eigenvalue weighted by atomic mass is 9.93. The molecule has 4 rings (SSSR count). The second-order valence-corrected chi connectivity index (χ2v) is 9.48. The summed E-state index contributed by atoms with van der Waals surface area (Å²) in [6, 6.07) is 19.4. The van der Waals surface area contributed by atoms with Crippen LogP contribution in [0.15, 0.2) is 72.8 Å². The van der Waals surface area contributed by atoms with Crippen molar-refractivity contribution in [1.82, 2.24) is 0 Å². The predicted molar refractivity (Wildman–Crippen MR) is 132 cm³/mol.